The van der Waals surface area contributed by atoms with E-state index in [-0.39, 0.29) is 35.2 Å². The van der Waals surface area contributed by atoms with E-state index in [0.717, 1.165) is 23.1 Å². The average Bonchev–Trinajstić information content (AvgIpc) is 3.07. The number of nitrogens with one attached hydrogen (secondary N) is 2. The van der Waals surface area contributed by atoms with Crippen LogP contribution in [0.3, 0.4) is 0 Å². The number of hydrogen-bond donors (Lipinski definition) is 2. The summed E-state index contributed by atoms with van der Waals surface area (Å²) >= 11 is 0. The minimum absolute atomic E-state index is 0.0590. The van der Waals surface area contributed by atoms with Gasteiger partial charge in [0.15, 0.2) is 0 Å². The van der Waals surface area contributed by atoms with E-state index in [1.54, 1.807) is 25.1 Å². The number of fused-ring (bicyclic) bond motifs is 1. The number of hydrogen-bond acceptors (Lipinski definition) is 5. The smallest absolute Gasteiger partial charge is 0.270 e. The first-order valence-electron chi connectivity index (χ1n) is 10.9. The van der Waals surface area contributed by atoms with Crippen molar-refractivity contribution >= 4 is 11.8 Å². The van der Waals surface area contributed by atoms with Gasteiger partial charge in [-0.2, -0.15) is 5.26 Å². The van der Waals surface area contributed by atoms with Crippen LogP contribution in [0.1, 0.15) is 68.7 Å². The molecule has 0 saturated carbocycles. The lowest BCUT2D eigenvalue weighted by Crippen LogP contribution is -2.36. The van der Waals surface area contributed by atoms with E-state index < -0.39 is 11.8 Å². The summed E-state index contributed by atoms with van der Waals surface area (Å²) in [4.78, 5) is 33.6. The van der Waals surface area contributed by atoms with Crippen molar-refractivity contribution in [1.29, 1.82) is 5.26 Å². The summed E-state index contributed by atoms with van der Waals surface area (Å²) in [7, 11) is 0. The number of rotatable bonds is 5. The van der Waals surface area contributed by atoms with Crippen LogP contribution >= 0.6 is 0 Å². The lowest BCUT2D eigenvalue weighted by atomic mass is 9.85. The largest absolute Gasteiger partial charge is 0.347 e. The second-order valence-corrected chi connectivity index (χ2v) is 9.15. The molecule has 0 aliphatic heterocycles. The first kappa shape index (κ1) is 23.1. The maximum Gasteiger partial charge on any atom is 0.270 e. The minimum atomic E-state index is -0.464. The fourth-order valence-corrected chi connectivity index (χ4v) is 4.30. The Balaban J connectivity index is 1.47. The summed E-state index contributed by atoms with van der Waals surface area (Å²) in [6.07, 6.45) is 1.90. The Morgan fingerprint density at radius 2 is 1.85 bits per heavy atom. The van der Waals surface area contributed by atoms with E-state index in [4.69, 9.17) is 0 Å². The molecule has 7 nitrogen and oxygen atoms in total. The lowest BCUT2D eigenvalue weighted by molar-refractivity contribution is 0.0898. The molecular weight excluding hydrogens is 433 g/mol. The molecule has 0 fully saturated rings. The SMILES string of the molecule is Cc1cc(CNC(=O)c2cc(C(=O)N[C@@H]3c4ccc(C#N)cc4CC3(C)C)ncn2)ccc1F. The van der Waals surface area contributed by atoms with Crippen molar-refractivity contribution in [2.45, 2.75) is 39.8 Å². The highest BCUT2D eigenvalue weighted by atomic mass is 19.1. The van der Waals surface area contributed by atoms with Crippen LogP contribution in [0, 0.1) is 29.5 Å². The molecule has 1 aromatic heterocycles. The van der Waals surface area contributed by atoms with E-state index in [0.29, 0.717) is 11.1 Å². The molecule has 2 aromatic carbocycles. The highest BCUT2D eigenvalue weighted by molar-refractivity contribution is 5.97. The maximum atomic E-state index is 13.4. The van der Waals surface area contributed by atoms with Gasteiger partial charge in [0, 0.05) is 12.6 Å². The van der Waals surface area contributed by atoms with Gasteiger partial charge in [-0.25, -0.2) is 14.4 Å². The summed E-state index contributed by atoms with van der Waals surface area (Å²) in [5.41, 5.74) is 3.72. The fourth-order valence-electron chi connectivity index (χ4n) is 4.30. The van der Waals surface area contributed by atoms with Crippen LogP contribution in [-0.2, 0) is 13.0 Å². The molecule has 2 N–H and O–H groups in total. The van der Waals surface area contributed by atoms with Gasteiger partial charge >= 0.3 is 0 Å². The Bertz CT molecular complexity index is 1330. The number of nitrogens with zero attached hydrogens (tertiary/aromatic N) is 3. The summed E-state index contributed by atoms with van der Waals surface area (Å²) < 4.78 is 13.4. The van der Waals surface area contributed by atoms with Gasteiger partial charge in [0.05, 0.1) is 17.7 Å². The standard InChI is InChI=1S/C26H24FN5O2/c1-15-8-17(5-7-20(15)27)13-29-24(33)21-10-22(31-14-30-21)25(34)32-23-19-6-4-16(12-28)9-18(19)11-26(23,2)3/h4-10,14,23H,11,13H2,1-3H3,(H,29,33)(H,32,34)/t23-/m1/s1. The Kier molecular flexibility index (Phi) is 6.12. The molecule has 0 radical (unpaired) electrons. The quantitative estimate of drug-likeness (QED) is 0.606. The molecular formula is C26H24FN5O2. The van der Waals surface area contributed by atoms with Gasteiger partial charge in [0.2, 0.25) is 0 Å². The van der Waals surface area contributed by atoms with E-state index in [9.17, 15) is 19.2 Å². The van der Waals surface area contributed by atoms with Crippen LogP contribution in [0.4, 0.5) is 4.39 Å². The van der Waals surface area contributed by atoms with Gasteiger partial charge < -0.3 is 10.6 Å². The summed E-state index contributed by atoms with van der Waals surface area (Å²) in [6, 6.07) is 13.3. The molecule has 1 aliphatic carbocycles. The monoisotopic (exact) mass is 457 g/mol. The van der Waals surface area contributed by atoms with Gasteiger partial charge in [0.1, 0.15) is 23.5 Å². The molecule has 1 heterocycles. The Hall–Kier alpha value is -4.12. The van der Waals surface area contributed by atoms with Crippen LogP contribution in [0.2, 0.25) is 0 Å². The number of aromatic nitrogens is 2. The molecule has 8 heteroatoms. The van der Waals surface area contributed by atoms with Crippen molar-refractivity contribution in [2.75, 3.05) is 0 Å². The zero-order chi connectivity index (χ0) is 24.5. The van der Waals surface area contributed by atoms with Crippen molar-refractivity contribution in [1.82, 2.24) is 20.6 Å². The number of nitriles is 1. The first-order valence-corrected chi connectivity index (χ1v) is 10.9. The molecule has 2 amide bonds. The van der Waals surface area contributed by atoms with Crippen LogP contribution in [0.25, 0.3) is 0 Å². The molecule has 1 atom stereocenters. The second kappa shape index (κ2) is 9.02. The molecule has 3 aromatic rings. The third kappa shape index (κ3) is 4.64. The minimum Gasteiger partial charge on any atom is -0.347 e. The zero-order valence-electron chi connectivity index (χ0n) is 19.1. The number of halogens is 1. The number of carbonyl (C=O) groups excluding carboxylic acids is 2. The van der Waals surface area contributed by atoms with Crippen molar-refractivity contribution in [3.63, 3.8) is 0 Å². The predicted molar refractivity (Wildman–Crippen MR) is 123 cm³/mol. The van der Waals surface area contributed by atoms with Gasteiger partial charge in [-0.15, -0.1) is 0 Å². The predicted octanol–water partition coefficient (Wildman–Crippen LogP) is 3.78. The van der Waals surface area contributed by atoms with Gasteiger partial charge in [0.25, 0.3) is 11.8 Å². The summed E-state index contributed by atoms with van der Waals surface area (Å²) in [5, 5.41) is 14.9. The van der Waals surface area contributed by atoms with Gasteiger partial charge in [-0.1, -0.05) is 32.0 Å². The third-order valence-corrected chi connectivity index (χ3v) is 6.09. The molecule has 172 valence electrons. The number of benzene rings is 2. The van der Waals surface area contributed by atoms with Crippen molar-refractivity contribution in [3.8, 4) is 6.07 Å². The number of aryl methyl sites for hydroxylation is 1. The molecule has 0 saturated heterocycles. The third-order valence-electron chi connectivity index (χ3n) is 6.09. The fraction of sp³-hybridized carbons (Fsp3) is 0.269. The highest BCUT2D eigenvalue weighted by Crippen LogP contribution is 2.45. The highest BCUT2D eigenvalue weighted by Gasteiger charge is 2.40. The van der Waals surface area contributed by atoms with Crippen LogP contribution in [-0.4, -0.2) is 21.8 Å². The van der Waals surface area contributed by atoms with Crippen LogP contribution < -0.4 is 10.6 Å². The molecule has 1 aliphatic rings. The molecule has 0 bridgehead atoms. The normalized spacial score (nSPS) is 15.8. The Labute approximate surface area is 197 Å². The Morgan fingerprint density at radius 3 is 2.56 bits per heavy atom. The summed E-state index contributed by atoms with van der Waals surface area (Å²) in [6.45, 7) is 5.96. The van der Waals surface area contributed by atoms with Crippen LogP contribution in [0.5, 0.6) is 0 Å². The molecule has 0 unspecified atom stereocenters. The average molecular weight is 458 g/mol. The maximum absolute atomic E-state index is 13.4. The number of carbonyl (C=O) groups is 2. The zero-order valence-corrected chi connectivity index (χ0v) is 19.1. The van der Waals surface area contributed by atoms with Crippen molar-refractivity contribution in [3.05, 3.63) is 93.8 Å². The second-order valence-electron chi connectivity index (χ2n) is 9.15. The molecule has 0 spiro atoms. The topological polar surface area (TPSA) is 108 Å². The van der Waals surface area contributed by atoms with Crippen molar-refractivity contribution in [2.24, 2.45) is 5.41 Å². The van der Waals surface area contributed by atoms with Gasteiger partial charge in [-0.05, 0) is 59.2 Å². The van der Waals surface area contributed by atoms with E-state index >= 15 is 0 Å². The van der Waals surface area contributed by atoms with Crippen molar-refractivity contribution < 1.29 is 14.0 Å². The Morgan fingerprint density at radius 1 is 1.12 bits per heavy atom. The van der Waals surface area contributed by atoms with Gasteiger partial charge in [-0.3, -0.25) is 9.59 Å². The first-order chi connectivity index (χ1) is 16.2. The van der Waals surface area contributed by atoms with E-state index in [2.05, 4.69) is 40.5 Å². The molecule has 34 heavy (non-hydrogen) atoms. The summed E-state index contributed by atoms with van der Waals surface area (Å²) in [5.74, 6) is -1.19. The molecule has 4 rings (SSSR count). The van der Waals surface area contributed by atoms with E-state index in [1.165, 1.54) is 18.5 Å². The van der Waals surface area contributed by atoms with Crippen LogP contribution in [0.15, 0.2) is 48.8 Å². The van der Waals surface area contributed by atoms with E-state index in [1.807, 2.05) is 12.1 Å². The number of amides is 2. The lowest BCUT2D eigenvalue weighted by Gasteiger charge is -2.28.